The fourth-order valence-corrected chi connectivity index (χ4v) is 3.18. The predicted molar refractivity (Wildman–Crippen MR) is 76.5 cm³/mol. The van der Waals surface area contributed by atoms with Crippen LogP contribution in [0.1, 0.15) is 30.6 Å². The maximum atomic E-state index is 11.6. The van der Waals surface area contributed by atoms with Gasteiger partial charge in [-0.15, -0.1) is 11.8 Å². The molecule has 0 spiro atoms. The third kappa shape index (κ3) is 3.42. The molecule has 0 aromatic heterocycles. The summed E-state index contributed by atoms with van der Waals surface area (Å²) in [6.45, 7) is 5.03. The number of rotatable bonds is 4. The third-order valence-electron chi connectivity index (χ3n) is 3.11. The van der Waals surface area contributed by atoms with Crippen LogP contribution < -0.4 is 5.73 Å². The minimum Gasteiger partial charge on any atom is -0.462 e. The highest BCUT2D eigenvalue weighted by atomic mass is 32.2. The van der Waals surface area contributed by atoms with Crippen LogP contribution in [0, 0.1) is 0 Å². The fourth-order valence-electron chi connectivity index (χ4n) is 2.03. The highest BCUT2D eigenvalue weighted by Gasteiger charge is 2.25. The van der Waals surface area contributed by atoms with Crippen molar-refractivity contribution in [2.75, 3.05) is 18.9 Å². The number of hydrogen-bond acceptors (Lipinski definition) is 5. The van der Waals surface area contributed by atoms with Crippen molar-refractivity contribution in [1.29, 1.82) is 0 Å². The molecular formula is C14H19NO3S. The van der Waals surface area contributed by atoms with Gasteiger partial charge in [0.1, 0.15) is 0 Å². The number of carbonyl (C=O) groups excluding carboxylic acids is 1. The minimum absolute atomic E-state index is 0.245. The Morgan fingerprint density at radius 2 is 2.37 bits per heavy atom. The lowest BCUT2D eigenvalue weighted by Crippen LogP contribution is -2.13. The molecule has 0 aliphatic carbocycles. The minimum atomic E-state index is -0.330. The molecule has 0 amide bonds. The van der Waals surface area contributed by atoms with Crippen LogP contribution in [0.15, 0.2) is 23.1 Å². The maximum absolute atomic E-state index is 11.6. The first-order chi connectivity index (χ1) is 9.11. The molecule has 0 bridgehead atoms. The van der Waals surface area contributed by atoms with Gasteiger partial charge >= 0.3 is 5.97 Å². The van der Waals surface area contributed by atoms with Gasteiger partial charge in [-0.1, -0.05) is 0 Å². The molecule has 2 rings (SSSR count). The largest absolute Gasteiger partial charge is 0.462 e. The Labute approximate surface area is 117 Å². The van der Waals surface area contributed by atoms with E-state index in [0.29, 0.717) is 23.1 Å². The van der Waals surface area contributed by atoms with Gasteiger partial charge in [-0.2, -0.15) is 0 Å². The van der Waals surface area contributed by atoms with Crippen molar-refractivity contribution in [2.24, 2.45) is 0 Å². The van der Waals surface area contributed by atoms with Gasteiger partial charge in [0.25, 0.3) is 0 Å². The first kappa shape index (κ1) is 14.2. The first-order valence-electron chi connectivity index (χ1n) is 6.46. The van der Waals surface area contributed by atoms with E-state index in [2.05, 4.69) is 6.92 Å². The molecule has 1 saturated heterocycles. The summed E-state index contributed by atoms with van der Waals surface area (Å²) >= 11 is 1.72. The predicted octanol–water partition coefficient (Wildman–Crippen LogP) is 2.71. The van der Waals surface area contributed by atoms with Gasteiger partial charge in [-0.05, 0) is 38.5 Å². The van der Waals surface area contributed by atoms with Crippen molar-refractivity contribution in [3.8, 4) is 0 Å². The van der Waals surface area contributed by atoms with Crippen LogP contribution >= 0.6 is 11.8 Å². The second kappa shape index (κ2) is 6.30. The van der Waals surface area contributed by atoms with E-state index >= 15 is 0 Å². The average Bonchev–Trinajstić information content (AvgIpc) is 2.78. The van der Waals surface area contributed by atoms with Crippen LogP contribution in [-0.2, 0) is 9.47 Å². The van der Waals surface area contributed by atoms with Crippen molar-refractivity contribution in [3.05, 3.63) is 23.8 Å². The Morgan fingerprint density at radius 1 is 1.58 bits per heavy atom. The number of benzene rings is 1. The lowest BCUT2D eigenvalue weighted by molar-refractivity contribution is 0.0526. The van der Waals surface area contributed by atoms with Crippen LogP contribution in [0.4, 0.5) is 5.69 Å². The summed E-state index contributed by atoms with van der Waals surface area (Å²) in [5.41, 5.74) is 7.13. The second-order valence-electron chi connectivity index (χ2n) is 4.49. The Hall–Kier alpha value is -1.20. The summed E-state index contributed by atoms with van der Waals surface area (Å²) in [5.74, 6) is -0.330. The van der Waals surface area contributed by atoms with E-state index in [0.717, 1.165) is 17.9 Å². The van der Waals surface area contributed by atoms with E-state index in [-0.39, 0.29) is 12.1 Å². The molecule has 1 aromatic carbocycles. The van der Waals surface area contributed by atoms with Crippen molar-refractivity contribution < 1.29 is 14.3 Å². The Bertz CT molecular complexity index is 464. The average molecular weight is 281 g/mol. The number of anilines is 1. The number of thioether (sulfide) groups is 1. The highest BCUT2D eigenvalue weighted by Crippen LogP contribution is 2.35. The molecule has 0 saturated carbocycles. The molecule has 2 N–H and O–H groups in total. The quantitative estimate of drug-likeness (QED) is 0.679. The lowest BCUT2D eigenvalue weighted by Gasteiger charge is -2.15. The molecule has 0 radical (unpaired) electrons. The van der Waals surface area contributed by atoms with Gasteiger partial charge in [0.05, 0.1) is 18.3 Å². The molecule has 1 aliphatic rings. The van der Waals surface area contributed by atoms with Gasteiger partial charge in [-0.25, -0.2) is 4.79 Å². The summed E-state index contributed by atoms with van der Waals surface area (Å²) in [4.78, 5) is 12.6. The van der Waals surface area contributed by atoms with E-state index in [4.69, 9.17) is 15.2 Å². The molecule has 4 nitrogen and oxygen atoms in total. The molecular weight excluding hydrogens is 262 g/mol. The summed E-state index contributed by atoms with van der Waals surface area (Å²) in [6, 6.07) is 5.33. The van der Waals surface area contributed by atoms with E-state index in [9.17, 15) is 4.79 Å². The van der Waals surface area contributed by atoms with E-state index in [1.165, 1.54) is 0 Å². The monoisotopic (exact) mass is 281 g/mol. The molecule has 2 atom stereocenters. The van der Waals surface area contributed by atoms with Crippen LogP contribution in [0.5, 0.6) is 0 Å². The summed E-state index contributed by atoms with van der Waals surface area (Å²) in [7, 11) is 0. The topological polar surface area (TPSA) is 61.5 Å². The molecule has 19 heavy (non-hydrogen) atoms. The summed E-state index contributed by atoms with van der Waals surface area (Å²) in [6.07, 6.45) is 1.28. The molecule has 5 heteroatoms. The second-order valence-corrected chi connectivity index (χ2v) is 5.77. The van der Waals surface area contributed by atoms with Gasteiger partial charge in [-0.3, -0.25) is 0 Å². The number of nitrogens with two attached hydrogens (primary N) is 1. The summed E-state index contributed by atoms with van der Waals surface area (Å²) in [5, 5.41) is 0.427. The van der Waals surface area contributed by atoms with E-state index in [1.54, 1.807) is 30.8 Å². The fraction of sp³-hybridized carbons (Fsp3) is 0.500. The smallest absolute Gasteiger partial charge is 0.338 e. The molecule has 1 aliphatic heterocycles. The van der Waals surface area contributed by atoms with Crippen LogP contribution in [-0.4, -0.2) is 30.5 Å². The van der Waals surface area contributed by atoms with Gasteiger partial charge < -0.3 is 15.2 Å². The molecule has 2 unspecified atom stereocenters. The van der Waals surface area contributed by atoms with Crippen molar-refractivity contribution in [2.45, 2.75) is 36.5 Å². The van der Waals surface area contributed by atoms with Crippen LogP contribution in [0.3, 0.4) is 0 Å². The standard InChI is InChI=1S/C14H19NO3S/c1-3-17-14(16)10-4-5-13(11(15)8-10)19-12-6-7-18-9(12)2/h4-5,8-9,12H,3,6-7,15H2,1-2H3. The normalized spacial score (nSPS) is 22.4. The van der Waals surface area contributed by atoms with Crippen LogP contribution in [0.25, 0.3) is 0 Å². The van der Waals surface area contributed by atoms with E-state index < -0.39 is 0 Å². The molecule has 1 fully saturated rings. The molecule has 1 heterocycles. The van der Waals surface area contributed by atoms with Crippen molar-refractivity contribution >= 4 is 23.4 Å². The van der Waals surface area contributed by atoms with Gasteiger partial charge in [0.2, 0.25) is 0 Å². The zero-order valence-corrected chi connectivity index (χ0v) is 12.0. The zero-order chi connectivity index (χ0) is 13.8. The third-order valence-corrected chi connectivity index (χ3v) is 4.65. The number of ether oxygens (including phenoxy) is 2. The molecule has 1 aromatic rings. The number of esters is 1. The molecule has 104 valence electrons. The first-order valence-corrected chi connectivity index (χ1v) is 7.34. The van der Waals surface area contributed by atoms with E-state index in [1.807, 2.05) is 6.07 Å². The lowest BCUT2D eigenvalue weighted by atomic mass is 10.2. The summed E-state index contributed by atoms with van der Waals surface area (Å²) < 4.78 is 10.5. The van der Waals surface area contributed by atoms with Crippen molar-refractivity contribution in [1.82, 2.24) is 0 Å². The Balaban J connectivity index is 2.08. The number of nitrogen functional groups attached to an aromatic ring is 1. The Morgan fingerprint density at radius 3 is 2.95 bits per heavy atom. The van der Waals surface area contributed by atoms with Crippen molar-refractivity contribution in [3.63, 3.8) is 0 Å². The highest BCUT2D eigenvalue weighted by molar-refractivity contribution is 8.00. The van der Waals surface area contributed by atoms with Gasteiger partial charge in [0, 0.05) is 22.4 Å². The zero-order valence-electron chi connectivity index (χ0n) is 11.2. The SMILES string of the molecule is CCOC(=O)c1ccc(SC2CCOC2C)c(N)c1. The number of hydrogen-bond donors (Lipinski definition) is 1. The van der Waals surface area contributed by atoms with Gasteiger partial charge in [0.15, 0.2) is 0 Å². The number of carbonyl (C=O) groups is 1. The Kier molecular flexibility index (Phi) is 4.71. The van der Waals surface area contributed by atoms with Crippen LogP contribution in [0.2, 0.25) is 0 Å². The maximum Gasteiger partial charge on any atom is 0.338 e.